The van der Waals surface area contributed by atoms with Gasteiger partial charge in [0.15, 0.2) is 18.6 Å². The molecule has 0 bridgehead atoms. The molecule has 5 nitrogen and oxygen atoms in total. The van der Waals surface area contributed by atoms with Gasteiger partial charge in [0, 0.05) is 25.2 Å². The molecule has 0 aromatic heterocycles. The first-order valence-electron chi connectivity index (χ1n) is 10.7. The molecule has 5 heteroatoms. The Morgan fingerprint density at radius 3 is 1.67 bits per heavy atom. The lowest BCUT2D eigenvalue weighted by Gasteiger charge is -2.19. The lowest BCUT2D eigenvalue weighted by atomic mass is 9.94. The number of nitrogens with zero attached hydrogens (tertiary/aromatic N) is 1. The Labute approximate surface area is 196 Å². The molecule has 0 unspecified atom stereocenters. The molecule has 0 aliphatic heterocycles. The summed E-state index contributed by atoms with van der Waals surface area (Å²) < 4.78 is 11.1. The summed E-state index contributed by atoms with van der Waals surface area (Å²) in [5.41, 5.74) is 5.92. The van der Waals surface area contributed by atoms with Gasteiger partial charge in [-0.3, -0.25) is 4.89 Å². The van der Waals surface area contributed by atoms with Crippen molar-refractivity contribution in [3.63, 3.8) is 0 Å². The molecule has 4 aromatic carbocycles. The first-order valence-corrected chi connectivity index (χ1v) is 10.7. The molecule has 0 heterocycles. The first kappa shape index (κ1) is 24.1. The topological polar surface area (TPSA) is 43.7 Å². The Morgan fingerprint density at radius 2 is 1.15 bits per heavy atom. The van der Waals surface area contributed by atoms with Gasteiger partial charge in [0.2, 0.25) is 0 Å². The molecule has 0 saturated carbocycles. The highest BCUT2D eigenvalue weighted by Crippen LogP contribution is 2.41. The summed E-state index contributed by atoms with van der Waals surface area (Å²) in [5.74, 6) is 1.47. The van der Waals surface area contributed by atoms with E-state index in [9.17, 15) is 0 Å². The molecule has 4 aromatic rings. The van der Waals surface area contributed by atoms with Gasteiger partial charge in [-0.25, -0.2) is 0 Å². The summed E-state index contributed by atoms with van der Waals surface area (Å²) in [7, 11) is 10.6. The Bertz CT molecular complexity index is 1170. The van der Waals surface area contributed by atoms with Gasteiger partial charge in [0.1, 0.15) is 7.11 Å². The smallest absolute Gasteiger partial charge is 0.174 e. The molecule has 0 saturated heterocycles. The van der Waals surface area contributed by atoms with Crippen LogP contribution in [0.15, 0.2) is 78.9 Å². The maximum absolute atomic E-state index is 5.57. The Hall–Kier alpha value is -3.54. The second-order valence-electron chi connectivity index (χ2n) is 7.59. The summed E-state index contributed by atoms with van der Waals surface area (Å²) >= 11 is 0. The van der Waals surface area contributed by atoms with E-state index in [1.807, 2.05) is 6.07 Å². The zero-order chi connectivity index (χ0) is 23.8. The van der Waals surface area contributed by atoms with Gasteiger partial charge in [-0.05, 0) is 45.8 Å². The van der Waals surface area contributed by atoms with Crippen molar-refractivity contribution < 1.29 is 19.2 Å². The van der Waals surface area contributed by atoms with Crippen molar-refractivity contribution in [1.82, 2.24) is 0 Å². The average Bonchev–Trinajstić information content (AvgIpc) is 2.87. The summed E-state index contributed by atoms with van der Waals surface area (Å²) in [6.07, 6.45) is 0. The van der Waals surface area contributed by atoms with E-state index < -0.39 is 0 Å². The average molecular weight is 447 g/mol. The molecule has 33 heavy (non-hydrogen) atoms. The molecule has 0 spiro atoms. The number of benzene rings is 4. The van der Waals surface area contributed by atoms with Crippen molar-refractivity contribution >= 4 is 16.5 Å². The van der Waals surface area contributed by atoms with Crippen molar-refractivity contribution in [2.45, 2.75) is 0 Å². The second kappa shape index (κ2) is 11.4. The Balaban J connectivity index is 0.000000709. The van der Waals surface area contributed by atoms with Gasteiger partial charge in [-0.1, -0.05) is 60.7 Å². The van der Waals surface area contributed by atoms with Crippen LogP contribution in [-0.2, 0) is 4.89 Å². The van der Waals surface area contributed by atoms with E-state index in [4.69, 9.17) is 9.47 Å². The molecule has 0 fully saturated rings. The van der Waals surface area contributed by atoms with Crippen molar-refractivity contribution in [3.05, 3.63) is 78.9 Å². The quantitative estimate of drug-likeness (QED) is 0.208. The van der Waals surface area contributed by atoms with Gasteiger partial charge >= 0.3 is 0 Å². The number of aliphatic hydroxyl groups is 1. The van der Waals surface area contributed by atoms with E-state index in [1.165, 1.54) is 29.4 Å². The van der Waals surface area contributed by atoms with E-state index in [1.54, 1.807) is 21.3 Å². The molecule has 0 radical (unpaired) electrons. The SMILES string of the molecule is CO[OH+]C.COc1cc2c(-c3ccc(-c4ccccc4)cc3)ccc(N(C)C)c2cc1OC. The standard InChI is InChI=1S/C26H25NO2.C2H6O2/c1-27(2)24-15-14-21(22-16-25(28-3)26(29-4)17-23(22)24)20-12-10-19(11-13-20)18-8-6-5-7-9-18;1-3-4-2/h5-17H,1-4H3;1-2H3/p+1. The maximum atomic E-state index is 5.57. The fraction of sp³-hybridized carbons (Fsp3) is 0.214. The number of rotatable bonds is 6. The molecular weight excluding hydrogens is 414 g/mol. The number of fused-ring (bicyclic) bond motifs is 1. The van der Waals surface area contributed by atoms with Gasteiger partial charge < -0.3 is 14.4 Å². The van der Waals surface area contributed by atoms with E-state index in [0.29, 0.717) is 0 Å². The largest absolute Gasteiger partial charge is 0.493 e. The van der Waals surface area contributed by atoms with Crippen LogP contribution in [0, 0.1) is 0 Å². The molecule has 0 aliphatic rings. The van der Waals surface area contributed by atoms with Crippen molar-refractivity contribution in [3.8, 4) is 33.8 Å². The number of ether oxygens (including phenoxy) is 2. The summed E-state index contributed by atoms with van der Waals surface area (Å²) in [6.45, 7) is 0. The van der Waals surface area contributed by atoms with Crippen molar-refractivity contribution in [2.75, 3.05) is 47.4 Å². The molecule has 4 rings (SSSR count). The van der Waals surface area contributed by atoms with Gasteiger partial charge in [0.25, 0.3) is 0 Å². The maximum Gasteiger partial charge on any atom is 0.174 e. The van der Waals surface area contributed by atoms with Crippen LogP contribution >= 0.6 is 0 Å². The fourth-order valence-electron chi connectivity index (χ4n) is 3.77. The molecule has 0 aliphatic carbocycles. The second-order valence-corrected chi connectivity index (χ2v) is 7.59. The van der Waals surface area contributed by atoms with Crippen LogP contribution < -0.4 is 14.4 Å². The van der Waals surface area contributed by atoms with Crippen molar-refractivity contribution in [1.29, 1.82) is 0 Å². The van der Waals surface area contributed by atoms with Crippen LogP contribution in [0.4, 0.5) is 5.69 Å². The van der Waals surface area contributed by atoms with E-state index >= 15 is 0 Å². The van der Waals surface area contributed by atoms with Crippen LogP contribution in [0.1, 0.15) is 0 Å². The summed E-state index contributed by atoms with van der Waals surface area (Å²) in [6, 6.07) is 27.6. The Kier molecular flexibility index (Phi) is 8.30. The fourth-order valence-corrected chi connectivity index (χ4v) is 3.77. The third-order valence-corrected chi connectivity index (χ3v) is 5.47. The number of hydrogen-bond donors (Lipinski definition) is 0. The predicted octanol–water partition coefficient (Wildman–Crippen LogP) is 5.96. The molecular formula is C28H32NO4+. The Morgan fingerprint density at radius 1 is 0.636 bits per heavy atom. The third kappa shape index (κ3) is 5.45. The number of anilines is 1. The van der Waals surface area contributed by atoms with Gasteiger partial charge in [-0.15, -0.1) is 4.89 Å². The van der Waals surface area contributed by atoms with Crippen LogP contribution in [0.2, 0.25) is 0 Å². The first-order chi connectivity index (χ1) is 16.0. The third-order valence-electron chi connectivity index (χ3n) is 5.47. The van der Waals surface area contributed by atoms with Crippen LogP contribution in [-0.4, -0.2) is 47.4 Å². The normalized spacial score (nSPS) is 10.4. The predicted molar refractivity (Wildman–Crippen MR) is 137 cm³/mol. The lowest BCUT2D eigenvalue weighted by molar-refractivity contribution is -0.373. The van der Waals surface area contributed by atoms with E-state index in [2.05, 4.69) is 102 Å². The van der Waals surface area contributed by atoms with Crippen LogP contribution in [0.25, 0.3) is 33.0 Å². The summed E-state index contributed by atoms with van der Waals surface area (Å²) in [4.78, 5) is 9.52. The summed E-state index contributed by atoms with van der Waals surface area (Å²) in [5, 5.41) is 2.28. The van der Waals surface area contributed by atoms with E-state index in [-0.39, 0.29) is 0 Å². The number of hydrogen-bond acceptors (Lipinski definition) is 4. The number of methoxy groups -OCH3 is 2. The minimum absolute atomic E-state index is 0.734. The highest BCUT2D eigenvalue weighted by atomic mass is 17.2. The zero-order valence-electron chi connectivity index (χ0n) is 20.1. The highest BCUT2D eigenvalue weighted by Gasteiger charge is 2.14. The van der Waals surface area contributed by atoms with E-state index in [0.717, 1.165) is 28.0 Å². The molecule has 0 atom stereocenters. The zero-order valence-corrected chi connectivity index (χ0v) is 20.1. The molecule has 1 N–H and O–H groups in total. The molecule has 0 amide bonds. The minimum Gasteiger partial charge on any atom is -0.493 e. The van der Waals surface area contributed by atoms with Gasteiger partial charge in [0.05, 0.1) is 14.2 Å². The van der Waals surface area contributed by atoms with Crippen LogP contribution in [0.5, 0.6) is 11.5 Å². The van der Waals surface area contributed by atoms with Crippen molar-refractivity contribution in [2.24, 2.45) is 0 Å². The van der Waals surface area contributed by atoms with Crippen LogP contribution in [0.3, 0.4) is 0 Å². The van der Waals surface area contributed by atoms with Gasteiger partial charge in [-0.2, -0.15) is 0 Å². The monoisotopic (exact) mass is 446 g/mol. The highest BCUT2D eigenvalue weighted by molar-refractivity contribution is 6.05. The minimum atomic E-state index is 0.734. The molecule has 172 valence electrons. The lowest BCUT2D eigenvalue weighted by Crippen LogP contribution is -2.09.